The molecule has 0 saturated heterocycles. The molecule has 6 heteroatoms. The molecule has 0 amide bonds. The Morgan fingerprint density at radius 3 is 1.45 bits per heavy atom. The molecule has 0 N–H and O–H groups in total. The number of benzene rings is 1. The van der Waals surface area contributed by atoms with Crippen LogP contribution in [0.4, 0.5) is 17.3 Å². The first-order chi connectivity index (χ1) is 10.0. The van der Waals surface area contributed by atoms with Gasteiger partial charge in [-0.15, -0.1) is 0 Å². The van der Waals surface area contributed by atoms with Crippen LogP contribution in [0.2, 0.25) is 0 Å². The second-order valence-corrected chi connectivity index (χ2v) is 5.20. The SMILES string of the molecule is Cc1ccc(-c2c(C)c(C)[o+]c(C)c2C)cc1.F[B-](F)(F)F. The summed E-state index contributed by atoms with van der Waals surface area (Å²) in [5.74, 6) is 2.01. The number of hydrogen-bond donors (Lipinski definition) is 0. The molecule has 0 atom stereocenters. The quantitative estimate of drug-likeness (QED) is 0.353. The molecule has 0 unspecified atom stereocenters. The van der Waals surface area contributed by atoms with E-state index in [1.54, 1.807) is 0 Å². The van der Waals surface area contributed by atoms with Gasteiger partial charge in [-0.1, -0.05) is 29.8 Å². The van der Waals surface area contributed by atoms with Crippen LogP contribution in [-0.2, 0) is 0 Å². The van der Waals surface area contributed by atoms with Crippen molar-refractivity contribution in [2.24, 2.45) is 0 Å². The first kappa shape index (κ1) is 18.2. The molecule has 0 aliphatic carbocycles. The summed E-state index contributed by atoms with van der Waals surface area (Å²) in [5, 5.41) is 0. The van der Waals surface area contributed by atoms with Gasteiger partial charge in [-0.2, -0.15) is 0 Å². The molecule has 2 aromatic rings. The summed E-state index contributed by atoms with van der Waals surface area (Å²) in [6, 6.07) is 8.68. The summed E-state index contributed by atoms with van der Waals surface area (Å²) in [4.78, 5) is 0. The lowest BCUT2D eigenvalue weighted by molar-refractivity contribution is 0.368. The molecule has 1 aromatic heterocycles. The zero-order chi connectivity index (χ0) is 17.1. The minimum atomic E-state index is -6.00. The van der Waals surface area contributed by atoms with Gasteiger partial charge in [-0.25, -0.2) is 4.42 Å². The van der Waals surface area contributed by atoms with E-state index < -0.39 is 7.25 Å². The second-order valence-electron chi connectivity index (χ2n) is 5.20. The van der Waals surface area contributed by atoms with Gasteiger partial charge in [-0.3, -0.25) is 0 Å². The fourth-order valence-corrected chi connectivity index (χ4v) is 2.17. The highest BCUT2D eigenvalue weighted by Gasteiger charge is 2.21. The molecule has 0 aliphatic rings. The van der Waals surface area contributed by atoms with Crippen molar-refractivity contribution in [1.29, 1.82) is 0 Å². The Morgan fingerprint density at radius 1 is 0.727 bits per heavy atom. The summed E-state index contributed by atoms with van der Waals surface area (Å²) in [6.07, 6.45) is 0. The maximum Gasteiger partial charge on any atom is 0.673 e. The van der Waals surface area contributed by atoms with Gasteiger partial charge in [0, 0.05) is 5.56 Å². The van der Waals surface area contributed by atoms with Crippen LogP contribution in [0.1, 0.15) is 28.2 Å². The van der Waals surface area contributed by atoms with Gasteiger partial charge < -0.3 is 17.3 Å². The summed E-state index contributed by atoms with van der Waals surface area (Å²) in [6.45, 7) is 10.4. The molecule has 0 spiro atoms. The third kappa shape index (κ3) is 5.17. The molecule has 120 valence electrons. The van der Waals surface area contributed by atoms with Gasteiger partial charge in [0.15, 0.2) is 0 Å². The minimum absolute atomic E-state index is 1.00. The average Bonchev–Trinajstić information content (AvgIpc) is 2.37. The van der Waals surface area contributed by atoms with Gasteiger partial charge in [0.05, 0.1) is 25.0 Å². The standard InChI is InChI=1S/C16H19O.BF4/c1-10-6-8-15(9-7-10)16-11(2)13(4)17-14(5)12(16)3;2-1(3,4)5/h6-9H,1-5H3;/q+1;-1. The van der Waals surface area contributed by atoms with Crippen LogP contribution in [0.5, 0.6) is 0 Å². The highest BCUT2D eigenvalue weighted by molar-refractivity contribution is 6.50. The van der Waals surface area contributed by atoms with Crippen LogP contribution < -0.4 is 0 Å². The van der Waals surface area contributed by atoms with E-state index in [-0.39, 0.29) is 0 Å². The maximum atomic E-state index is 9.75. The predicted octanol–water partition coefficient (Wildman–Crippen LogP) is 6.07. The number of aryl methyl sites for hydroxylation is 3. The molecular weight excluding hydrogens is 295 g/mol. The molecule has 2 rings (SSSR count). The highest BCUT2D eigenvalue weighted by atomic mass is 19.5. The van der Waals surface area contributed by atoms with Crippen molar-refractivity contribution in [2.75, 3.05) is 0 Å². The highest BCUT2D eigenvalue weighted by Crippen LogP contribution is 2.31. The van der Waals surface area contributed by atoms with E-state index in [0.29, 0.717) is 0 Å². The van der Waals surface area contributed by atoms with Crippen LogP contribution in [0.3, 0.4) is 0 Å². The molecule has 1 heterocycles. The van der Waals surface area contributed by atoms with Crippen LogP contribution >= 0.6 is 0 Å². The van der Waals surface area contributed by atoms with Crippen molar-refractivity contribution in [1.82, 2.24) is 0 Å². The third-order valence-electron chi connectivity index (χ3n) is 3.45. The van der Waals surface area contributed by atoms with Crippen LogP contribution in [-0.4, -0.2) is 7.25 Å². The number of halogens is 4. The molecule has 1 nitrogen and oxygen atoms in total. The van der Waals surface area contributed by atoms with Crippen molar-refractivity contribution in [2.45, 2.75) is 34.6 Å². The van der Waals surface area contributed by atoms with E-state index in [4.69, 9.17) is 4.42 Å². The van der Waals surface area contributed by atoms with E-state index >= 15 is 0 Å². The molecule has 22 heavy (non-hydrogen) atoms. The second kappa shape index (κ2) is 6.94. The van der Waals surface area contributed by atoms with E-state index in [9.17, 15) is 17.3 Å². The van der Waals surface area contributed by atoms with Crippen molar-refractivity contribution < 1.29 is 21.7 Å². The maximum absolute atomic E-state index is 9.75. The number of rotatable bonds is 1. The Bertz CT molecular complexity index is 616. The molecule has 0 radical (unpaired) electrons. The topological polar surface area (TPSA) is 11.3 Å². The smallest absolute Gasteiger partial charge is 0.418 e. The Labute approximate surface area is 128 Å². The number of hydrogen-bond acceptors (Lipinski definition) is 0. The van der Waals surface area contributed by atoms with Crippen LogP contribution in [0, 0.1) is 34.6 Å². The van der Waals surface area contributed by atoms with Crippen molar-refractivity contribution >= 4 is 7.25 Å². The Balaban J connectivity index is 0.000000422. The minimum Gasteiger partial charge on any atom is -0.418 e. The first-order valence-corrected chi connectivity index (χ1v) is 6.85. The third-order valence-corrected chi connectivity index (χ3v) is 3.45. The van der Waals surface area contributed by atoms with Crippen LogP contribution in [0.25, 0.3) is 11.1 Å². The molecule has 0 saturated carbocycles. The molecule has 0 bridgehead atoms. The van der Waals surface area contributed by atoms with E-state index in [1.807, 2.05) is 13.8 Å². The summed E-state index contributed by atoms with van der Waals surface area (Å²) >= 11 is 0. The Morgan fingerprint density at radius 2 is 1.09 bits per heavy atom. The van der Waals surface area contributed by atoms with Gasteiger partial charge in [-0.05, 0) is 26.3 Å². The van der Waals surface area contributed by atoms with Crippen molar-refractivity contribution in [3.8, 4) is 11.1 Å². The molecule has 1 aromatic carbocycles. The first-order valence-electron chi connectivity index (χ1n) is 6.85. The van der Waals surface area contributed by atoms with Gasteiger partial charge in [0.2, 0.25) is 0 Å². The fourth-order valence-electron chi connectivity index (χ4n) is 2.17. The molecule has 0 aliphatic heterocycles. The lowest BCUT2D eigenvalue weighted by Gasteiger charge is -2.08. The van der Waals surface area contributed by atoms with Gasteiger partial charge in [0.25, 0.3) is 0 Å². The summed E-state index contributed by atoms with van der Waals surface area (Å²) in [7, 11) is -6.00. The summed E-state index contributed by atoms with van der Waals surface area (Å²) < 4.78 is 44.7. The van der Waals surface area contributed by atoms with Crippen LogP contribution in [0.15, 0.2) is 28.7 Å². The zero-order valence-electron chi connectivity index (χ0n) is 13.3. The summed E-state index contributed by atoms with van der Waals surface area (Å²) in [5.41, 5.74) is 6.34. The Kier molecular flexibility index (Phi) is 5.75. The average molecular weight is 314 g/mol. The lowest BCUT2D eigenvalue weighted by atomic mass is 9.95. The fraction of sp³-hybridized carbons (Fsp3) is 0.312. The Hall–Kier alpha value is -1.85. The monoisotopic (exact) mass is 314 g/mol. The predicted molar refractivity (Wildman–Crippen MR) is 82.4 cm³/mol. The zero-order valence-corrected chi connectivity index (χ0v) is 13.3. The van der Waals surface area contributed by atoms with E-state index in [0.717, 1.165) is 11.5 Å². The van der Waals surface area contributed by atoms with E-state index in [2.05, 4.69) is 45.0 Å². The van der Waals surface area contributed by atoms with Gasteiger partial charge in [0.1, 0.15) is 0 Å². The van der Waals surface area contributed by atoms with Gasteiger partial charge >= 0.3 is 18.8 Å². The molecular formula is C16H19BF4O. The lowest BCUT2D eigenvalue weighted by Crippen LogP contribution is -2.02. The largest absolute Gasteiger partial charge is 0.673 e. The normalized spacial score (nSPS) is 11.0. The van der Waals surface area contributed by atoms with E-state index in [1.165, 1.54) is 27.8 Å². The molecule has 0 fully saturated rings. The van der Waals surface area contributed by atoms with Crippen molar-refractivity contribution in [3.05, 3.63) is 52.5 Å². The van der Waals surface area contributed by atoms with Crippen molar-refractivity contribution in [3.63, 3.8) is 0 Å².